The molecule has 0 saturated heterocycles. The normalized spacial score (nSPS) is 9.08. The standard InChI is InChI=1S/C10H8O.CH5N/c11-10-6-5-8-3-1-2-4-9(8)7-10;1-2/h1-7,11H;2H2,1H3. The molecule has 13 heavy (non-hydrogen) atoms. The Hall–Kier alpha value is -1.54. The lowest BCUT2D eigenvalue weighted by atomic mass is 10.1. The molecule has 0 heterocycles. The van der Waals surface area contributed by atoms with E-state index in [1.165, 1.54) is 7.05 Å². The largest absolute Gasteiger partial charge is 0.508 e. The molecule has 0 fully saturated rings. The zero-order chi connectivity index (χ0) is 9.68. The van der Waals surface area contributed by atoms with Crippen molar-refractivity contribution in [2.24, 2.45) is 5.73 Å². The van der Waals surface area contributed by atoms with Crippen molar-refractivity contribution in [3.63, 3.8) is 0 Å². The van der Waals surface area contributed by atoms with Crippen molar-refractivity contribution in [1.29, 1.82) is 0 Å². The summed E-state index contributed by atoms with van der Waals surface area (Å²) in [6, 6.07) is 13.3. The molecule has 68 valence electrons. The molecule has 0 spiro atoms. The molecule has 2 nitrogen and oxygen atoms in total. The van der Waals surface area contributed by atoms with E-state index in [9.17, 15) is 0 Å². The Morgan fingerprint density at radius 3 is 2.23 bits per heavy atom. The predicted molar refractivity (Wildman–Crippen MR) is 55.7 cm³/mol. The van der Waals surface area contributed by atoms with E-state index in [4.69, 9.17) is 5.11 Å². The molecule has 3 N–H and O–H groups in total. The van der Waals surface area contributed by atoms with Crippen molar-refractivity contribution in [1.82, 2.24) is 0 Å². The van der Waals surface area contributed by atoms with Gasteiger partial charge in [0.25, 0.3) is 0 Å². The van der Waals surface area contributed by atoms with Gasteiger partial charge in [-0.05, 0) is 30.0 Å². The van der Waals surface area contributed by atoms with E-state index in [0.29, 0.717) is 5.75 Å². The first-order chi connectivity index (χ1) is 6.36. The van der Waals surface area contributed by atoms with E-state index in [1.807, 2.05) is 30.3 Å². The summed E-state index contributed by atoms with van der Waals surface area (Å²) >= 11 is 0. The maximum Gasteiger partial charge on any atom is 0.116 e. The highest BCUT2D eigenvalue weighted by Gasteiger charge is 1.91. The molecule has 0 unspecified atom stereocenters. The van der Waals surface area contributed by atoms with E-state index in [0.717, 1.165) is 10.8 Å². The smallest absolute Gasteiger partial charge is 0.116 e. The van der Waals surface area contributed by atoms with Crippen molar-refractivity contribution in [2.75, 3.05) is 7.05 Å². The molecule has 2 rings (SSSR count). The molecule has 2 aromatic rings. The number of aromatic hydroxyl groups is 1. The number of phenols is 1. The Balaban J connectivity index is 0.000000396. The van der Waals surface area contributed by atoms with Gasteiger partial charge in [-0.15, -0.1) is 0 Å². The summed E-state index contributed by atoms with van der Waals surface area (Å²) in [5.41, 5.74) is 4.50. The van der Waals surface area contributed by atoms with Crippen LogP contribution in [-0.4, -0.2) is 12.2 Å². The van der Waals surface area contributed by atoms with Crippen LogP contribution in [0.5, 0.6) is 5.75 Å². The molecule has 0 atom stereocenters. The Kier molecular flexibility index (Phi) is 3.29. The molecular weight excluding hydrogens is 162 g/mol. The van der Waals surface area contributed by atoms with Gasteiger partial charge in [-0.3, -0.25) is 0 Å². The maximum atomic E-state index is 9.13. The quantitative estimate of drug-likeness (QED) is 0.644. The highest BCUT2D eigenvalue weighted by Crippen LogP contribution is 2.18. The Bertz CT molecular complexity index is 385. The molecule has 0 aromatic heterocycles. The van der Waals surface area contributed by atoms with Crippen LogP contribution in [0.15, 0.2) is 42.5 Å². The minimum atomic E-state index is 0.323. The predicted octanol–water partition coefficient (Wildman–Crippen LogP) is 2.12. The van der Waals surface area contributed by atoms with Crippen LogP contribution in [0, 0.1) is 0 Å². The van der Waals surface area contributed by atoms with Crippen LogP contribution in [0.25, 0.3) is 10.8 Å². The number of nitrogens with two attached hydrogens (primary N) is 1. The van der Waals surface area contributed by atoms with E-state index in [1.54, 1.807) is 12.1 Å². The highest BCUT2D eigenvalue weighted by atomic mass is 16.3. The van der Waals surface area contributed by atoms with E-state index in [2.05, 4.69) is 5.73 Å². The molecule has 0 amide bonds. The number of benzene rings is 2. The highest BCUT2D eigenvalue weighted by molar-refractivity contribution is 5.83. The maximum absolute atomic E-state index is 9.13. The molecule has 2 heteroatoms. The monoisotopic (exact) mass is 175 g/mol. The van der Waals surface area contributed by atoms with Crippen LogP contribution in [0.1, 0.15) is 0 Å². The summed E-state index contributed by atoms with van der Waals surface area (Å²) in [5.74, 6) is 0.323. The van der Waals surface area contributed by atoms with E-state index < -0.39 is 0 Å². The molecule has 0 bridgehead atoms. The lowest BCUT2D eigenvalue weighted by Crippen LogP contribution is -1.69. The van der Waals surface area contributed by atoms with Gasteiger partial charge in [-0.1, -0.05) is 30.3 Å². The first-order valence-electron chi connectivity index (χ1n) is 4.12. The lowest BCUT2D eigenvalue weighted by molar-refractivity contribution is 0.476. The van der Waals surface area contributed by atoms with Crippen LogP contribution in [-0.2, 0) is 0 Å². The van der Waals surface area contributed by atoms with Crippen molar-refractivity contribution < 1.29 is 5.11 Å². The fourth-order valence-electron chi connectivity index (χ4n) is 1.18. The van der Waals surface area contributed by atoms with Gasteiger partial charge in [0.15, 0.2) is 0 Å². The van der Waals surface area contributed by atoms with Gasteiger partial charge < -0.3 is 10.8 Å². The third kappa shape index (κ3) is 2.20. The number of phenolic OH excluding ortho intramolecular Hbond substituents is 1. The van der Waals surface area contributed by atoms with Gasteiger partial charge >= 0.3 is 0 Å². The first kappa shape index (κ1) is 9.55. The Morgan fingerprint density at radius 2 is 1.54 bits per heavy atom. The SMILES string of the molecule is CN.Oc1ccc2ccccc2c1. The summed E-state index contributed by atoms with van der Waals surface area (Å²) < 4.78 is 0. The molecule has 2 aromatic carbocycles. The lowest BCUT2D eigenvalue weighted by Gasteiger charge is -1.96. The number of hydrogen-bond donors (Lipinski definition) is 2. The second-order valence-corrected chi connectivity index (χ2v) is 2.53. The van der Waals surface area contributed by atoms with Gasteiger partial charge in [0.1, 0.15) is 5.75 Å². The van der Waals surface area contributed by atoms with Crippen LogP contribution in [0.3, 0.4) is 0 Å². The zero-order valence-corrected chi connectivity index (χ0v) is 7.57. The van der Waals surface area contributed by atoms with E-state index >= 15 is 0 Å². The molecule has 0 radical (unpaired) electrons. The van der Waals surface area contributed by atoms with Crippen LogP contribution in [0.2, 0.25) is 0 Å². The van der Waals surface area contributed by atoms with Crippen LogP contribution < -0.4 is 5.73 Å². The number of hydrogen-bond acceptors (Lipinski definition) is 2. The van der Waals surface area contributed by atoms with Gasteiger partial charge in [0.05, 0.1) is 0 Å². The minimum Gasteiger partial charge on any atom is -0.508 e. The molecule has 0 aliphatic rings. The van der Waals surface area contributed by atoms with Crippen molar-refractivity contribution in [2.45, 2.75) is 0 Å². The minimum absolute atomic E-state index is 0.323. The third-order valence-corrected chi connectivity index (χ3v) is 1.73. The van der Waals surface area contributed by atoms with Crippen molar-refractivity contribution >= 4 is 10.8 Å². The number of fused-ring (bicyclic) bond motifs is 1. The summed E-state index contributed by atoms with van der Waals surface area (Å²) in [6.07, 6.45) is 0. The fourth-order valence-corrected chi connectivity index (χ4v) is 1.18. The molecular formula is C11H13NO. The van der Waals surface area contributed by atoms with Gasteiger partial charge in [0, 0.05) is 0 Å². The summed E-state index contributed by atoms with van der Waals surface area (Å²) in [4.78, 5) is 0. The summed E-state index contributed by atoms with van der Waals surface area (Å²) in [6.45, 7) is 0. The average Bonchev–Trinajstić information content (AvgIpc) is 2.21. The Morgan fingerprint density at radius 1 is 0.923 bits per heavy atom. The topological polar surface area (TPSA) is 46.2 Å². The average molecular weight is 175 g/mol. The van der Waals surface area contributed by atoms with Crippen LogP contribution >= 0.6 is 0 Å². The zero-order valence-electron chi connectivity index (χ0n) is 7.57. The van der Waals surface area contributed by atoms with Gasteiger partial charge in [-0.2, -0.15) is 0 Å². The fraction of sp³-hybridized carbons (Fsp3) is 0.0909. The van der Waals surface area contributed by atoms with Gasteiger partial charge in [0.2, 0.25) is 0 Å². The number of rotatable bonds is 0. The van der Waals surface area contributed by atoms with Gasteiger partial charge in [-0.25, -0.2) is 0 Å². The van der Waals surface area contributed by atoms with E-state index in [-0.39, 0.29) is 0 Å². The molecule has 0 aliphatic heterocycles. The van der Waals surface area contributed by atoms with Crippen LogP contribution in [0.4, 0.5) is 0 Å². The second-order valence-electron chi connectivity index (χ2n) is 2.53. The third-order valence-electron chi connectivity index (χ3n) is 1.73. The summed E-state index contributed by atoms with van der Waals surface area (Å²) in [5, 5.41) is 11.4. The Labute approximate surface area is 77.6 Å². The molecule has 0 saturated carbocycles. The first-order valence-corrected chi connectivity index (χ1v) is 4.12. The van der Waals surface area contributed by atoms with Crippen molar-refractivity contribution in [3.8, 4) is 5.75 Å². The molecule has 0 aliphatic carbocycles. The summed E-state index contributed by atoms with van der Waals surface area (Å²) in [7, 11) is 1.50. The van der Waals surface area contributed by atoms with Crippen molar-refractivity contribution in [3.05, 3.63) is 42.5 Å². The second kappa shape index (κ2) is 4.48.